The van der Waals surface area contributed by atoms with E-state index in [0.29, 0.717) is 18.0 Å². The van der Waals surface area contributed by atoms with Crippen molar-refractivity contribution < 1.29 is 9.53 Å². The largest absolute Gasteiger partial charge is 0.492 e. The third-order valence-corrected chi connectivity index (χ3v) is 5.18. The fourth-order valence-electron chi connectivity index (χ4n) is 2.87. The molecular weight excluding hydrogens is 372 g/mol. The highest BCUT2D eigenvalue weighted by Gasteiger charge is 2.16. The Balaban J connectivity index is 1.70. The Kier molecular flexibility index (Phi) is 6.71. The summed E-state index contributed by atoms with van der Waals surface area (Å²) in [6.07, 6.45) is 0. The molecule has 146 valence electrons. The third kappa shape index (κ3) is 4.54. The average Bonchev–Trinajstić information content (AvgIpc) is 3.11. The van der Waals surface area contributed by atoms with Gasteiger partial charge in [-0.2, -0.15) is 0 Å². The molecule has 0 aliphatic carbocycles. The SMILES string of the molecule is CCOc1ccccc1NC(=O)CSc1nnc(-c2ccccc2C)n1CC. The number of amides is 1. The zero-order valence-electron chi connectivity index (χ0n) is 16.3. The molecule has 2 aromatic carbocycles. The van der Waals surface area contributed by atoms with Gasteiger partial charge in [-0.15, -0.1) is 10.2 Å². The van der Waals surface area contributed by atoms with E-state index in [1.807, 2.05) is 60.9 Å². The number of thioether (sulfide) groups is 1. The van der Waals surface area contributed by atoms with E-state index in [9.17, 15) is 4.79 Å². The first kappa shape index (κ1) is 19.9. The van der Waals surface area contributed by atoms with Gasteiger partial charge in [-0.05, 0) is 38.5 Å². The second kappa shape index (κ2) is 9.41. The molecule has 0 radical (unpaired) electrons. The molecule has 6 nitrogen and oxygen atoms in total. The molecule has 0 saturated carbocycles. The first-order chi connectivity index (χ1) is 13.6. The summed E-state index contributed by atoms with van der Waals surface area (Å²) in [4.78, 5) is 12.4. The standard InChI is InChI=1S/C21H24N4O2S/c1-4-25-20(16-11-7-6-10-15(16)3)23-24-21(25)28-14-19(26)22-17-12-8-9-13-18(17)27-5-2/h6-13H,4-5,14H2,1-3H3,(H,22,26). The van der Waals surface area contributed by atoms with Gasteiger partial charge in [0.1, 0.15) is 5.75 Å². The van der Waals surface area contributed by atoms with Gasteiger partial charge in [0.25, 0.3) is 0 Å². The Hall–Kier alpha value is -2.80. The van der Waals surface area contributed by atoms with Crippen molar-refractivity contribution >= 4 is 23.4 Å². The predicted molar refractivity (Wildman–Crippen MR) is 113 cm³/mol. The maximum absolute atomic E-state index is 12.4. The van der Waals surface area contributed by atoms with Crippen molar-refractivity contribution in [2.75, 3.05) is 17.7 Å². The fourth-order valence-corrected chi connectivity index (χ4v) is 3.67. The molecule has 0 aliphatic heterocycles. The van der Waals surface area contributed by atoms with Crippen LogP contribution in [0.3, 0.4) is 0 Å². The molecule has 28 heavy (non-hydrogen) atoms. The van der Waals surface area contributed by atoms with E-state index >= 15 is 0 Å². The lowest BCUT2D eigenvalue weighted by molar-refractivity contribution is -0.113. The average molecular weight is 397 g/mol. The van der Waals surface area contributed by atoms with E-state index < -0.39 is 0 Å². The van der Waals surface area contributed by atoms with Crippen molar-refractivity contribution in [2.24, 2.45) is 0 Å². The van der Waals surface area contributed by atoms with Gasteiger partial charge in [-0.25, -0.2) is 0 Å². The van der Waals surface area contributed by atoms with E-state index in [1.165, 1.54) is 11.8 Å². The number of aromatic nitrogens is 3. The fraction of sp³-hybridized carbons (Fsp3) is 0.286. The van der Waals surface area contributed by atoms with Gasteiger partial charge in [-0.3, -0.25) is 4.79 Å². The van der Waals surface area contributed by atoms with Crippen LogP contribution in [0.25, 0.3) is 11.4 Å². The van der Waals surface area contributed by atoms with Gasteiger partial charge >= 0.3 is 0 Å². The molecule has 7 heteroatoms. The van der Waals surface area contributed by atoms with E-state index in [0.717, 1.165) is 28.7 Å². The highest BCUT2D eigenvalue weighted by molar-refractivity contribution is 7.99. The Labute approximate surface area is 169 Å². The number of nitrogens with zero attached hydrogens (tertiary/aromatic N) is 3. The molecule has 1 N–H and O–H groups in total. The van der Waals surface area contributed by atoms with E-state index in [-0.39, 0.29) is 11.7 Å². The number of nitrogens with one attached hydrogen (secondary N) is 1. The number of hydrogen-bond donors (Lipinski definition) is 1. The van der Waals surface area contributed by atoms with Crippen LogP contribution < -0.4 is 10.1 Å². The van der Waals surface area contributed by atoms with E-state index in [1.54, 1.807) is 0 Å². The second-order valence-corrected chi connectivity index (χ2v) is 7.07. The highest BCUT2D eigenvalue weighted by atomic mass is 32.2. The van der Waals surface area contributed by atoms with Crippen LogP contribution in [-0.2, 0) is 11.3 Å². The van der Waals surface area contributed by atoms with Crippen molar-refractivity contribution in [3.63, 3.8) is 0 Å². The molecule has 0 spiro atoms. The Morgan fingerprint density at radius 1 is 1.11 bits per heavy atom. The molecule has 3 aromatic rings. The molecule has 0 unspecified atom stereocenters. The van der Waals surface area contributed by atoms with Gasteiger partial charge in [0, 0.05) is 12.1 Å². The van der Waals surface area contributed by atoms with Crippen molar-refractivity contribution in [2.45, 2.75) is 32.5 Å². The molecule has 3 rings (SSSR count). The van der Waals surface area contributed by atoms with E-state index in [2.05, 4.69) is 28.5 Å². The van der Waals surface area contributed by atoms with Gasteiger partial charge in [0.2, 0.25) is 5.91 Å². The molecule has 1 heterocycles. The maximum atomic E-state index is 12.4. The number of ether oxygens (including phenoxy) is 1. The molecule has 0 bridgehead atoms. The number of anilines is 1. The zero-order chi connectivity index (χ0) is 19.9. The summed E-state index contributed by atoms with van der Waals surface area (Å²) in [6.45, 7) is 7.29. The topological polar surface area (TPSA) is 69.0 Å². The molecule has 0 aliphatic rings. The lowest BCUT2D eigenvalue weighted by Gasteiger charge is -2.11. The van der Waals surface area contributed by atoms with Crippen LogP contribution in [0.1, 0.15) is 19.4 Å². The molecule has 0 atom stereocenters. The smallest absolute Gasteiger partial charge is 0.234 e. The van der Waals surface area contributed by atoms with Gasteiger partial charge in [0.15, 0.2) is 11.0 Å². The van der Waals surface area contributed by atoms with Crippen LogP contribution >= 0.6 is 11.8 Å². The minimum atomic E-state index is -0.111. The van der Waals surface area contributed by atoms with Crippen molar-refractivity contribution in [3.8, 4) is 17.1 Å². The van der Waals surface area contributed by atoms with Crippen molar-refractivity contribution in [3.05, 3.63) is 54.1 Å². The summed E-state index contributed by atoms with van der Waals surface area (Å²) in [5.41, 5.74) is 2.87. The van der Waals surface area contributed by atoms with Crippen LogP contribution in [0.15, 0.2) is 53.7 Å². The first-order valence-corrected chi connectivity index (χ1v) is 10.3. The zero-order valence-corrected chi connectivity index (χ0v) is 17.1. The predicted octanol–water partition coefficient (Wildman–Crippen LogP) is 4.40. The van der Waals surface area contributed by atoms with Crippen molar-refractivity contribution in [1.29, 1.82) is 0 Å². The Morgan fingerprint density at radius 3 is 2.61 bits per heavy atom. The quantitative estimate of drug-likeness (QED) is 0.572. The maximum Gasteiger partial charge on any atom is 0.234 e. The summed E-state index contributed by atoms with van der Waals surface area (Å²) in [5, 5.41) is 12.3. The summed E-state index contributed by atoms with van der Waals surface area (Å²) in [7, 11) is 0. The molecule has 1 amide bonds. The Bertz CT molecular complexity index is 955. The van der Waals surface area contributed by atoms with Crippen LogP contribution in [0.4, 0.5) is 5.69 Å². The number of carbonyl (C=O) groups is 1. The van der Waals surface area contributed by atoms with Crippen molar-refractivity contribution in [1.82, 2.24) is 14.8 Å². The minimum absolute atomic E-state index is 0.111. The minimum Gasteiger partial charge on any atom is -0.492 e. The van der Waals surface area contributed by atoms with E-state index in [4.69, 9.17) is 4.74 Å². The summed E-state index contributed by atoms with van der Waals surface area (Å²) in [5.74, 6) is 1.62. The first-order valence-electron chi connectivity index (χ1n) is 9.27. The van der Waals surface area contributed by atoms with Crippen LogP contribution in [0, 0.1) is 6.92 Å². The number of aryl methyl sites for hydroxylation is 1. The van der Waals surface area contributed by atoms with Crippen LogP contribution in [0.2, 0.25) is 0 Å². The van der Waals surface area contributed by atoms with Gasteiger partial charge in [0.05, 0.1) is 18.0 Å². The van der Waals surface area contributed by atoms with Crippen LogP contribution in [0.5, 0.6) is 5.75 Å². The summed E-state index contributed by atoms with van der Waals surface area (Å²) >= 11 is 1.38. The Morgan fingerprint density at radius 2 is 1.86 bits per heavy atom. The number of benzene rings is 2. The third-order valence-electron chi connectivity index (χ3n) is 4.21. The molecule has 1 aromatic heterocycles. The lowest BCUT2D eigenvalue weighted by Crippen LogP contribution is -2.15. The normalized spacial score (nSPS) is 10.7. The van der Waals surface area contributed by atoms with Crippen LogP contribution in [-0.4, -0.2) is 33.0 Å². The summed E-state index contributed by atoms with van der Waals surface area (Å²) < 4.78 is 7.59. The number of rotatable bonds is 8. The lowest BCUT2D eigenvalue weighted by atomic mass is 10.1. The number of para-hydroxylation sites is 2. The van der Waals surface area contributed by atoms with Gasteiger partial charge in [-0.1, -0.05) is 48.2 Å². The summed E-state index contributed by atoms with van der Waals surface area (Å²) in [6, 6.07) is 15.5. The highest BCUT2D eigenvalue weighted by Crippen LogP contribution is 2.27. The molecule has 0 saturated heterocycles. The second-order valence-electron chi connectivity index (χ2n) is 6.13. The number of carbonyl (C=O) groups excluding carboxylic acids is 1. The molecular formula is C21H24N4O2S. The monoisotopic (exact) mass is 396 g/mol. The van der Waals surface area contributed by atoms with Gasteiger partial charge < -0.3 is 14.6 Å². The molecule has 0 fully saturated rings. The number of hydrogen-bond acceptors (Lipinski definition) is 5.